The van der Waals surface area contributed by atoms with Gasteiger partial charge in [0.1, 0.15) is 5.82 Å². The summed E-state index contributed by atoms with van der Waals surface area (Å²) in [5, 5.41) is 10.4. The molecule has 0 unspecified atom stereocenters. The van der Waals surface area contributed by atoms with Gasteiger partial charge in [-0.25, -0.2) is 4.98 Å². The van der Waals surface area contributed by atoms with Crippen LogP contribution in [0.2, 0.25) is 0 Å². The number of carbonyl (C=O) groups is 1. The van der Waals surface area contributed by atoms with Crippen molar-refractivity contribution in [2.24, 2.45) is 5.92 Å². The smallest absolute Gasteiger partial charge is 0.272 e. The normalized spacial score (nSPS) is 14.8. The van der Waals surface area contributed by atoms with Gasteiger partial charge in [-0.15, -0.1) is 0 Å². The largest absolute Gasteiger partial charge is 0.341 e. The molecule has 6 heteroatoms. The van der Waals surface area contributed by atoms with Crippen molar-refractivity contribution in [3.63, 3.8) is 0 Å². The third kappa shape index (κ3) is 3.04. The van der Waals surface area contributed by atoms with Crippen molar-refractivity contribution in [3.8, 4) is 0 Å². The van der Waals surface area contributed by atoms with Crippen molar-refractivity contribution in [2.75, 3.05) is 0 Å². The SMILES string of the molecule is CC(C)C[C@H](NC(=O)c1n[nH]c2c1CCC2)c1nc2ccccc2[nH]1. The number of imidazole rings is 1. The number of nitrogens with one attached hydrogen (secondary N) is 3. The van der Waals surface area contributed by atoms with E-state index in [1.54, 1.807) is 0 Å². The number of rotatable bonds is 5. The van der Waals surface area contributed by atoms with E-state index in [0.717, 1.165) is 53.8 Å². The Labute approximate surface area is 146 Å². The van der Waals surface area contributed by atoms with E-state index in [1.807, 2.05) is 24.3 Å². The molecule has 2 aromatic heterocycles. The van der Waals surface area contributed by atoms with Crippen LogP contribution in [0.15, 0.2) is 24.3 Å². The van der Waals surface area contributed by atoms with Crippen molar-refractivity contribution in [1.82, 2.24) is 25.5 Å². The summed E-state index contributed by atoms with van der Waals surface area (Å²) in [5.41, 5.74) is 4.62. The van der Waals surface area contributed by atoms with E-state index in [2.05, 4.69) is 39.3 Å². The van der Waals surface area contributed by atoms with Crippen LogP contribution < -0.4 is 5.32 Å². The Morgan fingerprint density at radius 3 is 2.92 bits per heavy atom. The average Bonchev–Trinajstić information content (AvgIpc) is 3.28. The molecule has 4 rings (SSSR count). The van der Waals surface area contributed by atoms with Crippen molar-refractivity contribution >= 4 is 16.9 Å². The first-order valence-electron chi connectivity index (χ1n) is 8.93. The molecule has 1 atom stereocenters. The van der Waals surface area contributed by atoms with E-state index in [-0.39, 0.29) is 11.9 Å². The zero-order chi connectivity index (χ0) is 17.4. The van der Waals surface area contributed by atoms with E-state index in [9.17, 15) is 4.79 Å². The second-order valence-corrected chi connectivity index (χ2v) is 7.18. The van der Waals surface area contributed by atoms with Crippen LogP contribution in [-0.2, 0) is 12.8 Å². The molecular formula is C19H23N5O. The molecule has 1 amide bonds. The predicted molar refractivity (Wildman–Crippen MR) is 96.4 cm³/mol. The lowest BCUT2D eigenvalue weighted by Crippen LogP contribution is -2.31. The Hall–Kier alpha value is -2.63. The number of carbonyl (C=O) groups excluding carboxylic acids is 1. The summed E-state index contributed by atoms with van der Waals surface area (Å²) in [4.78, 5) is 20.8. The molecule has 1 aromatic carbocycles. The number of aromatic amines is 2. The molecule has 0 spiro atoms. The van der Waals surface area contributed by atoms with E-state index < -0.39 is 0 Å². The average molecular weight is 337 g/mol. The van der Waals surface area contributed by atoms with Gasteiger partial charge in [0.25, 0.3) is 5.91 Å². The van der Waals surface area contributed by atoms with Gasteiger partial charge in [0.05, 0.1) is 17.1 Å². The minimum Gasteiger partial charge on any atom is -0.341 e. The van der Waals surface area contributed by atoms with Crippen LogP contribution in [0, 0.1) is 5.92 Å². The number of aryl methyl sites for hydroxylation is 1. The molecule has 0 fully saturated rings. The second kappa shape index (κ2) is 6.35. The van der Waals surface area contributed by atoms with Gasteiger partial charge in [0, 0.05) is 11.3 Å². The molecule has 6 nitrogen and oxygen atoms in total. The number of hydrogen-bond donors (Lipinski definition) is 3. The number of H-pyrrole nitrogens is 2. The predicted octanol–water partition coefficient (Wildman–Crippen LogP) is 3.29. The summed E-state index contributed by atoms with van der Waals surface area (Å²) in [7, 11) is 0. The molecule has 1 aliphatic carbocycles. The summed E-state index contributed by atoms with van der Waals surface area (Å²) < 4.78 is 0. The van der Waals surface area contributed by atoms with Crippen molar-refractivity contribution in [3.05, 3.63) is 47.0 Å². The maximum Gasteiger partial charge on any atom is 0.272 e. The molecular weight excluding hydrogens is 314 g/mol. The summed E-state index contributed by atoms with van der Waals surface area (Å²) in [6.07, 6.45) is 3.81. The quantitative estimate of drug-likeness (QED) is 0.668. The van der Waals surface area contributed by atoms with E-state index >= 15 is 0 Å². The van der Waals surface area contributed by atoms with Crippen LogP contribution in [0.25, 0.3) is 11.0 Å². The standard InChI is InChI=1S/C19H23N5O/c1-11(2)10-16(18-20-14-7-3-4-8-15(14)21-18)22-19(25)17-12-6-5-9-13(12)23-24-17/h3-4,7-8,11,16H,5-6,9-10H2,1-2H3,(H,20,21)(H,22,25)(H,23,24)/t16-/m0/s1. The molecule has 1 aliphatic rings. The van der Waals surface area contributed by atoms with Gasteiger partial charge in [0.2, 0.25) is 0 Å². The monoisotopic (exact) mass is 337 g/mol. The molecule has 130 valence electrons. The van der Waals surface area contributed by atoms with E-state index in [4.69, 9.17) is 0 Å². The summed E-state index contributed by atoms with van der Waals surface area (Å²) in [5.74, 6) is 1.12. The molecule has 3 N–H and O–H groups in total. The van der Waals surface area contributed by atoms with Crippen LogP contribution in [0.1, 0.15) is 60.3 Å². The van der Waals surface area contributed by atoms with Gasteiger partial charge < -0.3 is 10.3 Å². The first-order chi connectivity index (χ1) is 12.1. The van der Waals surface area contributed by atoms with Gasteiger partial charge >= 0.3 is 0 Å². The van der Waals surface area contributed by atoms with Gasteiger partial charge in [0.15, 0.2) is 5.69 Å². The summed E-state index contributed by atoms with van der Waals surface area (Å²) in [6.45, 7) is 4.29. The summed E-state index contributed by atoms with van der Waals surface area (Å²) in [6, 6.07) is 7.77. The highest BCUT2D eigenvalue weighted by molar-refractivity contribution is 5.94. The number of nitrogens with zero attached hydrogens (tertiary/aromatic N) is 2. The minimum absolute atomic E-state index is 0.120. The van der Waals surface area contributed by atoms with Crippen LogP contribution in [-0.4, -0.2) is 26.1 Å². The number of aromatic nitrogens is 4. The number of para-hydroxylation sites is 2. The second-order valence-electron chi connectivity index (χ2n) is 7.18. The molecule has 0 bridgehead atoms. The molecule has 0 saturated carbocycles. The van der Waals surface area contributed by atoms with Gasteiger partial charge in [-0.2, -0.15) is 5.10 Å². The molecule has 0 saturated heterocycles. The minimum atomic E-state index is -0.159. The lowest BCUT2D eigenvalue weighted by atomic mass is 10.0. The fraction of sp³-hybridized carbons (Fsp3) is 0.421. The van der Waals surface area contributed by atoms with Crippen molar-refractivity contribution < 1.29 is 4.79 Å². The Bertz CT molecular complexity index is 875. The molecule has 0 radical (unpaired) electrons. The van der Waals surface area contributed by atoms with E-state index in [1.165, 1.54) is 0 Å². The fourth-order valence-electron chi connectivity index (χ4n) is 3.58. The number of hydrogen-bond acceptors (Lipinski definition) is 3. The Morgan fingerprint density at radius 1 is 1.28 bits per heavy atom. The van der Waals surface area contributed by atoms with Crippen LogP contribution in [0.4, 0.5) is 0 Å². The molecule has 25 heavy (non-hydrogen) atoms. The lowest BCUT2D eigenvalue weighted by Gasteiger charge is -2.18. The third-order valence-electron chi connectivity index (χ3n) is 4.77. The molecule has 3 aromatic rings. The highest BCUT2D eigenvalue weighted by atomic mass is 16.2. The number of amides is 1. The third-order valence-corrected chi connectivity index (χ3v) is 4.77. The number of benzene rings is 1. The first-order valence-corrected chi connectivity index (χ1v) is 8.93. The van der Waals surface area contributed by atoms with Crippen LogP contribution in [0.3, 0.4) is 0 Å². The van der Waals surface area contributed by atoms with Gasteiger partial charge in [-0.05, 0) is 43.7 Å². The maximum absolute atomic E-state index is 12.8. The highest BCUT2D eigenvalue weighted by Gasteiger charge is 2.26. The topological polar surface area (TPSA) is 86.5 Å². The highest BCUT2D eigenvalue weighted by Crippen LogP contribution is 2.25. The number of fused-ring (bicyclic) bond motifs is 2. The Kier molecular flexibility index (Phi) is 4.03. The fourth-order valence-corrected chi connectivity index (χ4v) is 3.58. The van der Waals surface area contributed by atoms with Gasteiger partial charge in [-0.3, -0.25) is 9.89 Å². The van der Waals surface area contributed by atoms with Crippen LogP contribution >= 0.6 is 0 Å². The molecule has 0 aliphatic heterocycles. The molecule has 2 heterocycles. The zero-order valence-corrected chi connectivity index (χ0v) is 14.6. The van der Waals surface area contributed by atoms with Gasteiger partial charge in [-0.1, -0.05) is 26.0 Å². The van der Waals surface area contributed by atoms with Crippen molar-refractivity contribution in [2.45, 2.75) is 45.6 Å². The van der Waals surface area contributed by atoms with Crippen molar-refractivity contribution in [1.29, 1.82) is 0 Å². The van der Waals surface area contributed by atoms with Crippen LogP contribution in [0.5, 0.6) is 0 Å². The summed E-state index contributed by atoms with van der Waals surface area (Å²) >= 11 is 0. The maximum atomic E-state index is 12.8. The first kappa shape index (κ1) is 15.9. The lowest BCUT2D eigenvalue weighted by molar-refractivity contribution is 0.0924. The zero-order valence-electron chi connectivity index (χ0n) is 14.6. The Balaban J connectivity index is 1.61. The Morgan fingerprint density at radius 2 is 2.12 bits per heavy atom. The van der Waals surface area contributed by atoms with E-state index in [0.29, 0.717) is 11.6 Å².